The zero-order chi connectivity index (χ0) is 33.1. The Hall–Kier alpha value is -4.64. The molecular formula is C27H19ClF6N6O4S. The van der Waals surface area contributed by atoms with Crippen molar-refractivity contribution in [2.45, 2.75) is 31.0 Å². The van der Waals surface area contributed by atoms with E-state index in [2.05, 4.69) is 20.8 Å². The van der Waals surface area contributed by atoms with E-state index < -0.39 is 52.5 Å². The molecule has 0 radical (unpaired) electrons. The van der Waals surface area contributed by atoms with E-state index in [1.54, 1.807) is 0 Å². The fraction of sp³-hybridized carbons (Fsp3) is 0.185. The van der Waals surface area contributed by atoms with Crippen molar-refractivity contribution in [3.63, 3.8) is 0 Å². The number of nitro groups is 1. The quantitative estimate of drug-likeness (QED) is 0.0862. The lowest BCUT2D eigenvalue weighted by Gasteiger charge is -2.14. The van der Waals surface area contributed by atoms with E-state index in [1.165, 1.54) is 31.2 Å². The molecule has 2 N–H and O–H groups in total. The summed E-state index contributed by atoms with van der Waals surface area (Å²) < 4.78 is 80.9. The summed E-state index contributed by atoms with van der Waals surface area (Å²) in [5.74, 6) is -2.07. The molecule has 4 aromatic rings. The van der Waals surface area contributed by atoms with Crippen molar-refractivity contribution in [2.24, 2.45) is 0 Å². The van der Waals surface area contributed by atoms with Crippen molar-refractivity contribution in [1.82, 2.24) is 20.1 Å². The van der Waals surface area contributed by atoms with Crippen LogP contribution in [-0.4, -0.2) is 37.3 Å². The molecule has 0 unspecified atom stereocenters. The molecule has 4 rings (SSSR count). The van der Waals surface area contributed by atoms with Crippen molar-refractivity contribution in [1.29, 1.82) is 0 Å². The van der Waals surface area contributed by atoms with E-state index in [0.717, 1.165) is 34.9 Å². The third kappa shape index (κ3) is 7.91. The van der Waals surface area contributed by atoms with Gasteiger partial charge in [-0.05, 0) is 49.4 Å². The van der Waals surface area contributed by atoms with Crippen LogP contribution >= 0.6 is 23.4 Å². The molecule has 0 aliphatic rings. The summed E-state index contributed by atoms with van der Waals surface area (Å²) in [6.07, 6.45) is -9.41. The first kappa shape index (κ1) is 33.3. The Bertz CT molecular complexity index is 1780. The molecule has 18 heteroatoms. The molecule has 0 aliphatic carbocycles. The van der Waals surface area contributed by atoms with Crippen LogP contribution in [0.1, 0.15) is 32.9 Å². The van der Waals surface area contributed by atoms with Crippen LogP contribution in [0.5, 0.6) is 0 Å². The Balaban J connectivity index is 1.60. The predicted molar refractivity (Wildman–Crippen MR) is 151 cm³/mol. The number of anilines is 1. The number of aromatic nitrogens is 3. The van der Waals surface area contributed by atoms with Gasteiger partial charge in [0.05, 0.1) is 44.7 Å². The predicted octanol–water partition coefficient (Wildman–Crippen LogP) is 6.84. The molecule has 3 aromatic carbocycles. The summed E-state index contributed by atoms with van der Waals surface area (Å²) in [6.45, 7) is 0.987. The maximum atomic E-state index is 13.5. The van der Waals surface area contributed by atoms with E-state index in [4.69, 9.17) is 11.6 Å². The van der Waals surface area contributed by atoms with Crippen LogP contribution in [0.25, 0.3) is 5.69 Å². The Morgan fingerprint density at radius 1 is 0.978 bits per heavy atom. The highest BCUT2D eigenvalue weighted by molar-refractivity contribution is 7.99. The minimum absolute atomic E-state index is 0.0196. The monoisotopic (exact) mass is 672 g/mol. The Morgan fingerprint density at radius 3 is 2.31 bits per heavy atom. The average molecular weight is 673 g/mol. The number of halogens is 7. The number of carbonyl (C=O) groups excluding carboxylic acids is 2. The number of nitrogens with zero attached hydrogens (tertiary/aromatic N) is 4. The van der Waals surface area contributed by atoms with Crippen molar-refractivity contribution in [3.8, 4) is 5.69 Å². The Kier molecular flexibility index (Phi) is 9.72. The van der Waals surface area contributed by atoms with Crippen LogP contribution in [0.2, 0.25) is 5.02 Å². The van der Waals surface area contributed by atoms with Crippen molar-refractivity contribution < 1.29 is 40.9 Å². The largest absolute Gasteiger partial charge is 0.416 e. The lowest BCUT2D eigenvalue weighted by atomic mass is 10.1. The van der Waals surface area contributed by atoms with Crippen LogP contribution in [0.15, 0.2) is 65.8 Å². The molecule has 0 spiro atoms. The second kappa shape index (κ2) is 13.2. The van der Waals surface area contributed by atoms with Gasteiger partial charge in [0.1, 0.15) is 0 Å². The van der Waals surface area contributed by atoms with Gasteiger partial charge in [0.15, 0.2) is 11.0 Å². The van der Waals surface area contributed by atoms with E-state index >= 15 is 0 Å². The fourth-order valence-electron chi connectivity index (χ4n) is 4.02. The van der Waals surface area contributed by atoms with E-state index in [1.807, 2.05) is 0 Å². The van der Waals surface area contributed by atoms with E-state index in [-0.39, 0.29) is 44.2 Å². The van der Waals surface area contributed by atoms with Gasteiger partial charge in [0.25, 0.3) is 11.6 Å². The minimum Gasteiger partial charge on any atom is -0.345 e. The van der Waals surface area contributed by atoms with Crippen molar-refractivity contribution in [2.75, 3.05) is 11.1 Å². The Labute approximate surface area is 258 Å². The van der Waals surface area contributed by atoms with Crippen LogP contribution in [0, 0.1) is 17.0 Å². The third-order valence-corrected chi connectivity index (χ3v) is 7.44. The van der Waals surface area contributed by atoms with Gasteiger partial charge in [-0.1, -0.05) is 35.5 Å². The second-order valence-electron chi connectivity index (χ2n) is 9.20. The molecule has 0 fully saturated rings. The average Bonchev–Trinajstić information content (AvgIpc) is 3.37. The molecular weight excluding hydrogens is 654 g/mol. The van der Waals surface area contributed by atoms with Crippen molar-refractivity contribution >= 4 is 46.6 Å². The zero-order valence-electron chi connectivity index (χ0n) is 22.7. The number of thioether (sulfide) groups is 1. The van der Waals surface area contributed by atoms with Crippen molar-refractivity contribution in [3.05, 3.63) is 104 Å². The SMILES string of the molecule is Cc1c(C(=O)NCc2nnc(SCC(=O)Nc3cc(C(F)(F)F)ccc3Cl)n2-c2cccc(C(F)(F)F)c2)cccc1[N+](=O)[O-]. The number of nitrogens with one attached hydrogen (secondary N) is 2. The van der Waals surface area contributed by atoms with Gasteiger partial charge in [0, 0.05) is 17.2 Å². The van der Waals surface area contributed by atoms with Gasteiger partial charge in [-0.3, -0.25) is 24.3 Å². The number of carbonyl (C=O) groups is 2. The molecule has 0 bridgehead atoms. The topological polar surface area (TPSA) is 132 Å². The number of nitro benzene ring substituents is 1. The highest BCUT2D eigenvalue weighted by Crippen LogP contribution is 2.35. The van der Waals surface area contributed by atoms with Crippen LogP contribution in [-0.2, 0) is 23.7 Å². The molecule has 1 heterocycles. The normalized spacial score (nSPS) is 11.7. The van der Waals surface area contributed by atoms with Gasteiger partial charge < -0.3 is 10.6 Å². The first-order chi connectivity index (χ1) is 21.1. The molecule has 1 aromatic heterocycles. The standard InChI is InChI=1S/C27H19ClF6N6O4S/c1-14-18(6-3-7-21(14)40(43)44)24(42)35-12-22-37-38-25(39(22)17-5-2-4-15(10-17)26(29,30)31)45-13-23(41)36-20-11-16(27(32,33)34)8-9-19(20)28/h2-11H,12-13H2,1H3,(H,35,42)(H,36,41). The summed E-state index contributed by atoms with van der Waals surface area (Å²) in [5, 5.41) is 23.6. The zero-order valence-corrected chi connectivity index (χ0v) is 24.2. The minimum atomic E-state index is -4.71. The number of alkyl halides is 6. The van der Waals surface area contributed by atoms with Gasteiger partial charge >= 0.3 is 12.4 Å². The molecule has 236 valence electrons. The molecule has 0 saturated carbocycles. The molecule has 2 amide bonds. The lowest BCUT2D eigenvalue weighted by molar-refractivity contribution is -0.385. The molecule has 0 aliphatic heterocycles. The summed E-state index contributed by atoms with van der Waals surface area (Å²) >= 11 is 6.63. The molecule has 45 heavy (non-hydrogen) atoms. The van der Waals surface area contributed by atoms with E-state index in [9.17, 15) is 46.0 Å². The maximum absolute atomic E-state index is 13.5. The highest BCUT2D eigenvalue weighted by atomic mass is 35.5. The first-order valence-electron chi connectivity index (χ1n) is 12.5. The maximum Gasteiger partial charge on any atom is 0.416 e. The number of hydrogen-bond acceptors (Lipinski definition) is 7. The number of rotatable bonds is 9. The van der Waals surface area contributed by atoms with Crippen LogP contribution in [0.3, 0.4) is 0 Å². The van der Waals surface area contributed by atoms with Crippen LogP contribution < -0.4 is 10.6 Å². The highest BCUT2D eigenvalue weighted by Gasteiger charge is 2.32. The Morgan fingerprint density at radius 2 is 1.64 bits per heavy atom. The van der Waals surface area contributed by atoms with E-state index in [0.29, 0.717) is 17.8 Å². The number of hydrogen-bond donors (Lipinski definition) is 2. The van der Waals surface area contributed by atoms with Gasteiger partial charge in [-0.15, -0.1) is 10.2 Å². The third-order valence-electron chi connectivity index (χ3n) is 6.19. The number of benzene rings is 3. The lowest BCUT2D eigenvalue weighted by Crippen LogP contribution is -2.25. The molecule has 0 atom stereocenters. The van der Waals surface area contributed by atoms with Gasteiger partial charge in [-0.25, -0.2) is 0 Å². The summed E-state index contributed by atoms with van der Waals surface area (Å²) in [5.41, 5.74) is -2.67. The summed E-state index contributed by atoms with van der Waals surface area (Å²) in [6, 6.07) is 10.3. The van der Waals surface area contributed by atoms with Gasteiger partial charge in [-0.2, -0.15) is 26.3 Å². The first-order valence-corrected chi connectivity index (χ1v) is 13.9. The smallest absolute Gasteiger partial charge is 0.345 e. The summed E-state index contributed by atoms with van der Waals surface area (Å²) in [7, 11) is 0. The fourth-order valence-corrected chi connectivity index (χ4v) is 4.96. The summed E-state index contributed by atoms with van der Waals surface area (Å²) in [4.78, 5) is 36.1. The molecule has 0 saturated heterocycles. The van der Waals surface area contributed by atoms with Crippen LogP contribution in [0.4, 0.5) is 37.7 Å². The number of amides is 2. The molecule has 10 nitrogen and oxygen atoms in total. The second-order valence-corrected chi connectivity index (χ2v) is 10.6. The van der Waals surface area contributed by atoms with Gasteiger partial charge in [0.2, 0.25) is 5.91 Å².